The quantitative estimate of drug-likeness (QED) is 0.619. The molecule has 3 aliphatic rings. The lowest BCUT2D eigenvalue weighted by atomic mass is 9.68. The highest BCUT2D eigenvalue weighted by molar-refractivity contribution is 5.96. The highest BCUT2D eigenvalue weighted by Gasteiger charge is 2.73. The number of ketones is 1. The van der Waals surface area contributed by atoms with Gasteiger partial charge in [0.05, 0.1) is 6.04 Å². The standard InChI is InChI=1S/C12H17NO3/c1-11(2,3)16-10(15)12-5-7-4-9(14)8(6-12)13(7)12/h7-8H,4-6H2,1-3H3. The summed E-state index contributed by atoms with van der Waals surface area (Å²) in [6.45, 7) is 5.63. The topological polar surface area (TPSA) is 46.6 Å². The van der Waals surface area contributed by atoms with Gasteiger partial charge in [0.1, 0.15) is 11.1 Å². The monoisotopic (exact) mass is 223 g/mol. The van der Waals surface area contributed by atoms with Crippen molar-refractivity contribution in [3.63, 3.8) is 0 Å². The molecule has 0 aromatic heterocycles. The Morgan fingerprint density at radius 1 is 1.44 bits per heavy atom. The zero-order chi connectivity index (χ0) is 11.7. The molecule has 0 amide bonds. The summed E-state index contributed by atoms with van der Waals surface area (Å²) >= 11 is 0. The molecule has 0 aromatic carbocycles. The number of Topliss-reactive ketones (excluding diaryl/α,β-unsaturated/α-hetero) is 1. The van der Waals surface area contributed by atoms with E-state index in [4.69, 9.17) is 4.74 Å². The van der Waals surface area contributed by atoms with Crippen molar-refractivity contribution >= 4 is 11.8 Å². The first-order valence-electron chi connectivity index (χ1n) is 5.88. The molecule has 3 saturated heterocycles. The van der Waals surface area contributed by atoms with Gasteiger partial charge in [0.2, 0.25) is 0 Å². The molecule has 3 atom stereocenters. The number of carbonyl (C=O) groups is 2. The molecule has 3 aliphatic heterocycles. The Hall–Kier alpha value is -0.900. The van der Waals surface area contributed by atoms with Crippen molar-refractivity contribution in [2.45, 2.75) is 63.3 Å². The van der Waals surface area contributed by atoms with Crippen molar-refractivity contribution < 1.29 is 14.3 Å². The molecular weight excluding hydrogens is 206 g/mol. The third kappa shape index (κ3) is 1.08. The van der Waals surface area contributed by atoms with Crippen LogP contribution in [0.2, 0.25) is 0 Å². The summed E-state index contributed by atoms with van der Waals surface area (Å²) in [6, 6.07) is 0.338. The fraction of sp³-hybridized carbons (Fsp3) is 0.833. The lowest BCUT2D eigenvalue weighted by Gasteiger charge is -2.63. The molecule has 0 N–H and O–H groups in total. The van der Waals surface area contributed by atoms with E-state index in [2.05, 4.69) is 4.90 Å². The Labute approximate surface area is 94.9 Å². The van der Waals surface area contributed by atoms with Gasteiger partial charge in [-0.1, -0.05) is 0 Å². The minimum absolute atomic E-state index is 0.0197. The molecule has 16 heavy (non-hydrogen) atoms. The Kier molecular flexibility index (Phi) is 1.71. The van der Waals surface area contributed by atoms with E-state index in [0.29, 0.717) is 24.7 Å². The van der Waals surface area contributed by atoms with Crippen LogP contribution in [-0.4, -0.2) is 39.9 Å². The highest BCUT2D eigenvalue weighted by atomic mass is 16.6. The maximum absolute atomic E-state index is 12.1. The van der Waals surface area contributed by atoms with Gasteiger partial charge in [-0.05, 0) is 33.6 Å². The second kappa shape index (κ2) is 2.67. The van der Waals surface area contributed by atoms with Crippen LogP contribution in [0.4, 0.5) is 0 Å². The predicted molar refractivity (Wildman–Crippen MR) is 56.8 cm³/mol. The molecule has 4 nitrogen and oxygen atoms in total. The number of esters is 1. The van der Waals surface area contributed by atoms with Crippen LogP contribution < -0.4 is 0 Å². The van der Waals surface area contributed by atoms with Crippen LogP contribution in [0.1, 0.15) is 40.0 Å². The molecule has 0 radical (unpaired) electrons. The van der Waals surface area contributed by atoms with E-state index in [1.807, 2.05) is 20.8 Å². The Morgan fingerprint density at radius 3 is 2.69 bits per heavy atom. The van der Waals surface area contributed by atoms with Gasteiger partial charge in [0.15, 0.2) is 5.78 Å². The van der Waals surface area contributed by atoms with Crippen LogP contribution in [0, 0.1) is 0 Å². The first-order valence-corrected chi connectivity index (χ1v) is 5.88. The fourth-order valence-corrected chi connectivity index (χ4v) is 3.33. The van der Waals surface area contributed by atoms with E-state index in [-0.39, 0.29) is 12.0 Å². The molecule has 0 spiro atoms. The van der Waals surface area contributed by atoms with Crippen LogP contribution in [-0.2, 0) is 14.3 Å². The van der Waals surface area contributed by atoms with E-state index in [9.17, 15) is 9.59 Å². The maximum atomic E-state index is 12.1. The Balaban J connectivity index is 1.75. The van der Waals surface area contributed by atoms with Crippen molar-refractivity contribution in [1.29, 1.82) is 0 Å². The van der Waals surface area contributed by atoms with Crippen LogP contribution >= 0.6 is 0 Å². The second-order valence-electron chi connectivity index (χ2n) is 6.19. The molecule has 0 bridgehead atoms. The molecular formula is C12H17NO3. The number of hydrogen-bond acceptors (Lipinski definition) is 4. The second-order valence-corrected chi connectivity index (χ2v) is 6.19. The molecule has 3 fully saturated rings. The van der Waals surface area contributed by atoms with Gasteiger partial charge in [0, 0.05) is 12.5 Å². The van der Waals surface area contributed by atoms with Gasteiger partial charge in [-0.3, -0.25) is 14.5 Å². The summed E-state index contributed by atoms with van der Waals surface area (Å²) in [4.78, 5) is 25.7. The molecule has 0 saturated carbocycles. The van der Waals surface area contributed by atoms with Gasteiger partial charge in [0.25, 0.3) is 0 Å². The van der Waals surface area contributed by atoms with E-state index < -0.39 is 11.1 Å². The average Bonchev–Trinajstić information content (AvgIpc) is 2.24. The number of hydrogen-bond donors (Lipinski definition) is 0. The van der Waals surface area contributed by atoms with Crippen LogP contribution in [0.3, 0.4) is 0 Å². The van der Waals surface area contributed by atoms with Crippen LogP contribution in [0.5, 0.6) is 0 Å². The molecule has 3 heterocycles. The largest absolute Gasteiger partial charge is 0.459 e. The van der Waals surface area contributed by atoms with E-state index in [1.165, 1.54) is 0 Å². The van der Waals surface area contributed by atoms with Crippen molar-refractivity contribution in [1.82, 2.24) is 4.90 Å². The van der Waals surface area contributed by atoms with Gasteiger partial charge >= 0.3 is 5.97 Å². The van der Waals surface area contributed by atoms with Crippen molar-refractivity contribution in [3.05, 3.63) is 0 Å². The SMILES string of the molecule is CC(C)(C)OC(=O)C12CC3CC(=O)C(C1)N32. The summed E-state index contributed by atoms with van der Waals surface area (Å²) < 4.78 is 5.43. The fourth-order valence-electron chi connectivity index (χ4n) is 3.33. The van der Waals surface area contributed by atoms with Gasteiger partial charge < -0.3 is 4.74 Å². The first-order chi connectivity index (χ1) is 7.33. The number of ether oxygens (including phenoxy) is 1. The smallest absolute Gasteiger partial charge is 0.327 e. The summed E-state index contributed by atoms with van der Waals surface area (Å²) in [5.41, 5.74) is -0.874. The first kappa shape index (κ1) is 10.3. The molecule has 3 rings (SSSR count). The average molecular weight is 223 g/mol. The minimum Gasteiger partial charge on any atom is -0.459 e. The zero-order valence-electron chi connectivity index (χ0n) is 9.95. The van der Waals surface area contributed by atoms with Crippen LogP contribution in [0.15, 0.2) is 0 Å². The van der Waals surface area contributed by atoms with E-state index >= 15 is 0 Å². The molecule has 4 heteroatoms. The lowest BCUT2D eigenvalue weighted by Crippen LogP contribution is -2.79. The summed E-state index contributed by atoms with van der Waals surface area (Å²) in [5, 5.41) is 0. The molecule has 3 unspecified atom stereocenters. The summed E-state index contributed by atoms with van der Waals surface area (Å²) in [7, 11) is 0. The molecule has 0 aromatic rings. The third-order valence-electron chi connectivity index (χ3n) is 3.92. The third-order valence-corrected chi connectivity index (χ3v) is 3.92. The number of rotatable bonds is 1. The van der Waals surface area contributed by atoms with Crippen molar-refractivity contribution in [3.8, 4) is 0 Å². The summed E-state index contributed by atoms with van der Waals surface area (Å²) in [6.07, 6.45) is 2.12. The van der Waals surface area contributed by atoms with E-state index in [1.54, 1.807) is 0 Å². The van der Waals surface area contributed by atoms with Gasteiger partial charge in [-0.2, -0.15) is 0 Å². The Bertz CT molecular complexity index is 384. The minimum atomic E-state index is -0.439. The van der Waals surface area contributed by atoms with Gasteiger partial charge in [-0.25, -0.2) is 0 Å². The van der Waals surface area contributed by atoms with Gasteiger partial charge in [-0.15, -0.1) is 0 Å². The number of nitrogens with zero attached hydrogens (tertiary/aromatic N) is 1. The molecule has 88 valence electrons. The summed E-state index contributed by atoms with van der Waals surface area (Å²) in [5.74, 6) is 0.170. The van der Waals surface area contributed by atoms with Crippen molar-refractivity contribution in [2.24, 2.45) is 0 Å². The van der Waals surface area contributed by atoms with Crippen LogP contribution in [0.25, 0.3) is 0 Å². The molecule has 0 aliphatic carbocycles. The predicted octanol–water partition coefficient (Wildman–Crippen LogP) is 0.886. The zero-order valence-corrected chi connectivity index (χ0v) is 9.95. The number of piperidine rings is 1. The normalized spacial score (nSPS) is 41.1. The lowest BCUT2D eigenvalue weighted by molar-refractivity contribution is -0.214. The van der Waals surface area contributed by atoms with Crippen molar-refractivity contribution in [2.75, 3.05) is 0 Å². The highest BCUT2D eigenvalue weighted by Crippen LogP contribution is 2.57. The number of carbonyl (C=O) groups excluding carboxylic acids is 2. The van der Waals surface area contributed by atoms with E-state index in [0.717, 1.165) is 6.42 Å². The maximum Gasteiger partial charge on any atom is 0.327 e. The Morgan fingerprint density at radius 2 is 2.12 bits per heavy atom.